The summed E-state index contributed by atoms with van der Waals surface area (Å²) in [6.07, 6.45) is 0.866. The number of benzene rings is 1. The minimum absolute atomic E-state index is 0.0144. The average Bonchev–Trinajstić information content (AvgIpc) is 2.36. The standard InChI is InChI=1S/C13H20F2N2O2S/c1-9(2)7-10(16)8-17-11-3-5-12(6-4-11)20(18,19)13(14)15/h3-6,9-10,13,17H,7-8,16H2,1-2H3. The van der Waals surface area contributed by atoms with E-state index in [2.05, 4.69) is 19.2 Å². The molecular formula is C13H20F2N2O2S. The van der Waals surface area contributed by atoms with Gasteiger partial charge in [0.15, 0.2) is 0 Å². The molecule has 3 N–H and O–H groups in total. The van der Waals surface area contributed by atoms with Crippen molar-refractivity contribution in [2.45, 2.75) is 37.0 Å². The van der Waals surface area contributed by atoms with Gasteiger partial charge in [0.25, 0.3) is 0 Å². The van der Waals surface area contributed by atoms with E-state index < -0.39 is 15.6 Å². The zero-order valence-corrected chi connectivity index (χ0v) is 12.3. The third-order valence-electron chi connectivity index (χ3n) is 2.76. The van der Waals surface area contributed by atoms with E-state index in [-0.39, 0.29) is 10.9 Å². The summed E-state index contributed by atoms with van der Waals surface area (Å²) in [6.45, 7) is 4.69. The van der Waals surface area contributed by atoms with Crippen molar-refractivity contribution in [3.63, 3.8) is 0 Å². The van der Waals surface area contributed by atoms with Gasteiger partial charge in [0, 0.05) is 18.3 Å². The van der Waals surface area contributed by atoms with E-state index in [1.807, 2.05) is 0 Å². The molecule has 0 saturated carbocycles. The number of sulfone groups is 1. The molecule has 20 heavy (non-hydrogen) atoms. The number of nitrogens with two attached hydrogens (primary N) is 1. The first kappa shape index (κ1) is 16.8. The van der Waals surface area contributed by atoms with E-state index >= 15 is 0 Å². The van der Waals surface area contributed by atoms with Crippen molar-refractivity contribution in [1.29, 1.82) is 0 Å². The fraction of sp³-hybridized carbons (Fsp3) is 0.538. The number of hydrogen-bond acceptors (Lipinski definition) is 4. The molecule has 4 nitrogen and oxygen atoms in total. The van der Waals surface area contributed by atoms with Crippen LogP contribution in [-0.4, -0.2) is 26.8 Å². The van der Waals surface area contributed by atoms with E-state index in [4.69, 9.17) is 5.73 Å². The maximum Gasteiger partial charge on any atom is 0.341 e. The second-order valence-corrected chi connectivity index (χ2v) is 7.02. The van der Waals surface area contributed by atoms with E-state index in [0.717, 1.165) is 18.6 Å². The lowest BCUT2D eigenvalue weighted by atomic mass is 10.0. The van der Waals surface area contributed by atoms with Crippen LogP contribution in [0.2, 0.25) is 0 Å². The molecule has 0 amide bonds. The molecule has 1 rings (SSSR count). The number of nitrogens with one attached hydrogen (secondary N) is 1. The van der Waals surface area contributed by atoms with E-state index in [1.165, 1.54) is 12.1 Å². The van der Waals surface area contributed by atoms with Crippen molar-refractivity contribution in [2.24, 2.45) is 11.7 Å². The van der Waals surface area contributed by atoms with Crippen LogP contribution in [0, 0.1) is 5.92 Å². The summed E-state index contributed by atoms with van der Waals surface area (Å²) >= 11 is 0. The van der Waals surface area contributed by atoms with Gasteiger partial charge in [0.1, 0.15) is 0 Å². The second-order valence-electron chi connectivity index (χ2n) is 5.10. The molecular weight excluding hydrogens is 286 g/mol. The van der Waals surface area contributed by atoms with Crippen molar-refractivity contribution < 1.29 is 17.2 Å². The molecule has 0 saturated heterocycles. The summed E-state index contributed by atoms with van der Waals surface area (Å²) in [6, 6.07) is 5.23. The molecule has 0 spiro atoms. The van der Waals surface area contributed by atoms with Gasteiger partial charge in [-0.3, -0.25) is 0 Å². The highest BCUT2D eigenvalue weighted by Crippen LogP contribution is 2.20. The number of rotatable bonds is 7. The van der Waals surface area contributed by atoms with Crippen LogP contribution in [0.5, 0.6) is 0 Å². The largest absolute Gasteiger partial charge is 0.383 e. The maximum atomic E-state index is 12.4. The lowest BCUT2D eigenvalue weighted by Gasteiger charge is -2.15. The average molecular weight is 306 g/mol. The van der Waals surface area contributed by atoms with Crippen molar-refractivity contribution in [3.8, 4) is 0 Å². The van der Waals surface area contributed by atoms with E-state index in [0.29, 0.717) is 18.2 Å². The van der Waals surface area contributed by atoms with Gasteiger partial charge in [-0.2, -0.15) is 8.78 Å². The van der Waals surface area contributed by atoms with Gasteiger partial charge in [-0.25, -0.2) is 8.42 Å². The molecule has 0 heterocycles. The fourth-order valence-electron chi connectivity index (χ4n) is 1.80. The summed E-state index contributed by atoms with van der Waals surface area (Å²) in [5, 5.41) is 3.05. The second kappa shape index (κ2) is 6.99. The van der Waals surface area contributed by atoms with Gasteiger partial charge in [0.05, 0.1) is 4.90 Å². The Morgan fingerprint density at radius 2 is 1.75 bits per heavy atom. The highest BCUT2D eigenvalue weighted by atomic mass is 32.2. The van der Waals surface area contributed by atoms with Crippen LogP contribution < -0.4 is 11.1 Å². The minimum atomic E-state index is -4.53. The fourth-order valence-corrected chi connectivity index (χ4v) is 2.52. The molecule has 114 valence electrons. The first-order valence-corrected chi connectivity index (χ1v) is 7.89. The van der Waals surface area contributed by atoms with Crippen molar-refractivity contribution in [3.05, 3.63) is 24.3 Å². The molecule has 0 radical (unpaired) electrons. The topological polar surface area (TPSA) is 72.2 Å². The number of alkyl halides is 2. The predicted octanol–water partition coefficient (Wildman–Crippen LogP) is 2.47. The van der Waals surface area contributed by atoms with Crippen LogP contribution in [0.4, 0.5) is 14.5 Å². The molecule has 0 aliphatic carbocycles. The summed E-state index contributed by atoms with van der Waals surface area (Å²) in [7, 11) is -4.53. The van der Waals surface area contributed by atoms with Crippen LogP contribution in [0.1, 0.15) is 20.3 Å². The Balaban J connectivity index is 2.64. The molecule has 0 aliphatic rings. The Kier molecular flexibility index (Phi) is 5.88. The number of anilines is 1. The molecule has 1 aromatic carbocycles. The third kappa shape index (κ3) is 4.72. The molecule has 0 fully saturated rings. The van der Waals surface area contributed by atoms with Crippen molar-refractivity contribution >= 4 is 15.5 Å². The highest BCUT2D eigenvalue weighted by molar-refractivity contribution is 7.91. The zero-order valence-electron chi connectivity index (χ0n) is 11.5. The van der Waals surface area contributed by atoms with Gasteiger partial charge in [-0.05, 0) is 36.6 Å². The van der Waals surface area contributed by atoms with Gasteiger partial charge in [-0.1, -0.05) is 13.8 Å². The molecule has 0 bridgehead atoms. The Morgan fingerprint density at radius 1 is 1.20 bits per heavy atom. The Hall–Kier alpha value is -1.21. The Labute approximate surface area is 118 Å². The third-order valence-corrected chi connectivity index (χ3v) is 4.16. The molecule has 0 aliphatic heterocycles. The predicted molar refractivity (Wildman–Crippen MR) is 75.6 cm³/mol. The van der Waals surface area contributed by atoms with Crippen LogP contribution in [-0.2, 0) is 9.84 Å². The highest BCUT2D eigenvalue weighted by Gasteiger charge is 2.26. The summed E-state index contributed by atoms with van der Waals surface area (Å²) in [4.78, 5) is -0.385. The Bertz CT molecular complexity index is 516. The monoisotopic (exact) mass is 306 g/mol. The van der Waals surface area contributed by atoms with E-state index in [9.17, 15) is 17.2 Å². The molecule has 1 unspecified atom stereocenters. The van der Waals surface area contributed by atoms with Gasteiger partial charge in [-0.15, -0.1) is 0 Å². The smallest absolute Gasteiger partial charge is 0.341 e. The van der Waals surface area contributed by atoms with Gasteiger partial charge in [0.2, 0.25) is 9.84 Å². The summed E-state index contributed by atoms with van der Waals surface area (Å²) < 4.78 is 47.2. The molecule has 1 atom stereocenters. The molecule has 0 aromatic heterocycles. The van der Waals surface area contributed by atoms with Crippen LogP contribution in [0.15, 0.2) is 29.2 Å². The normalized spacial score (nSPS) is 13.8. The van der Waals surface area contributed by atoms with Crippen molar-refractivity contribution in [2.75, 3.05) is 11.9 Å². The maximum absolute atomic E-state index is 12.4. The summed E-state index contributed by atoms with van der Waals surface area (Å²) in [5.74, 6) is -2.91. The lowest BCUT2D eigenvalue weighted by molar-refractivity contribution is 0.234. The van der Waals surface area contributed by atoms with Gasteiger partial charge < -0.3 is 11.1 Å². The van der Waals surface area contributed by atoms with E-state index in [1.54, 1.807) is 0 Å². The first-order valence-electron chi connectivity index (χ1n) is 6.35. The number of halogens is 2. The minimum Gasteiger partial charge on any atom is -0.383 e. The first-order chi connectivity index (χ1) is 9.23. The summed E-state index contributed by atoms with van der Waals surface area (Å²) in [5.41, 5.74) is 6.55. The molecule has 1 aromatic rings. The van der Waals surface area contributed by atoms with Crippen LogP contribution in [0.25, 0.3) is 0 Å². The molecule has 7 heteroatoms. The van der Waals surface area contributed by atoms with Crippen LogP contribution in [0.3, 0.4) is 0 Å². The SMILES string of the molecule is CC(C)CC(N)CNc1ccc(S(=O)(=O)C(F)F)cc1. The number of hydrogen-bond donors (Lipinski definition) is 2. The van der Waals surface area contributed by atoms with Gasteiger partial charge >= 0.3 is 5.76 Å². The quantitative estimate of drug-likeness (QED) is 0.811. The zero-order chi connectivity index (χ0) is 15.3. The lowest BCUT2D eigenvalue weighted by Crippen LogP contribution is -2.30. The van der Waals surface area contributed by atoms with Crippen LogP contribution >= 0.6 is 0 Å². The Morgan fingerprint density at radius 3 is 2.20 bits per heavy atom. The van der Waals surface area contributed by atoms with Crippen molar-refractivity contribution in [1.82, 2.24) is 0 Å².